The average molecular weight is 344 g/mol. The van der Waals surface area contributed by atoms with E-state index in [-0.39, 0.29) is 18.2 Å². The molecule has 1 aliphatic heterocycles. The third-order valence-electron chi connectivity index (χ3n) is 3.44. The van der Waals surface area contributed by atoms with E-state index in [4.69, 9.17) is 0 Å². The Morgan fingerprint density at radius 1 is 1.55 bits per heavy atom. The number of benzene rings is 1. The van der Waals surface area contributed by atoms with Crippen molar-refractivity contribution in [2.45, 2.75) is 18.9 Å². The summed E-state index contributed by atoms with van der Waals surface area (Å²) in [6.07, 6.45) is 0.478. The van der Waals surface area contributed by atoms with Gasteiger partial charge >= 0.3 is 5.97 Å². The number of carbonyl (C=O) groups excluding carboxylic acids is 1. The molecule has 0 radical (unpaired) electrons. The molecule has 1 unspecified atom stereocenters. The number of rotatable bonds is 5. The van der Waals surface area contributed by atoms with Crippen LogP contribution in [0.1, 0.15) is 12.0 Å². The minimum Gasteiger partial charge on any atom is -0.480 e. The predicted molar refractivity (Wildman–Crippen MR) is 75.1 cm³/mol. The summed E-state index contributed by atoms with van der Waals surface area (Å²) in [4.78, 5) is 24.7. The SMILES string of the molecule is O=C(O)[C@H](Cc1cccc(F)c1)N1CC(CBr)CC1=O. The molecule has 108 valence electrons. The molecule has 1 aromatic carbocycles. The highest BCUT2D eigenvalue weighted by molar-refractivity contribution is 9.09. The summed E-state index contributed by atoms with van der Waals surface area (Å²) in [5, 5.41) is 10.0. The largest absolute Gasteiger partial charge is 0.480 e. The summed E-state index contributed by atoms with van der Waals surface area (Å²) in [6, 6.07) is 4.88. The lowest BCUT2D eigenvalue weighted by Crippen LogP contribution is -2.43. The van der Waals surface area contributed by atoms with E-state index in [2.05, 4.69) is 15.9 Å². The lowest BCUT2D eigenvalue weighted by Gasteiger charge is -2.24. The van der Waals surface area contributed by atoms with E-state index < -0.39 is 17.8 Å². The summed E-state index contributed by atoms with van der Waals surface area (Å²) < 4.78 is 13.2. The van der Waals surface area contributed by atoms with Crippen LogP contribution in [0, 0.1) is 11.7 Å². The standard InChI is InChI=1S/C14H15BrFNO3/c15-7-10-6-13(18)17(8-10)12(14(19)20)5-9-2-1-3-11(16)4-9/h1-4,10,12H,5-8H2,(H,19,20)/t10?,12-/m0/s1. The Hall–Kier alpha value is -1.43. The number of carboxylic acid groups (broad SMARTS) is 1. The summed E-state index contributed by atoms with van der Waals surface area (Å²) in [7, 11) is 0. The van der Waals surface area contributed by atoms with Gasteiger partial charge in [0, 0.05) is 24.7 Å². The molecule has 1 heterocycles. The number of nitrogens with zero attached hydrogens (tertiary/aromatic N) is 1. The van der Waals surface area contributed by atoms with Gasteiger partial charge in [0.1, 0.15) is 11.9 Å². The highest BCUT2D eigenvalue weighted by Gasteiger charge is 2.37. The fourth-order valence-electron chi connectivity index (χ4n) is 2.43. The molecule has 4 nitrogen and oxygen atoms in total. The highest BCUT2D eigenvalue weighted by Crippen LogP contribution is 2.23. The van der Waals surface area contributed by atoms with Gasteiger partial charge in [-0.15, -0.1) is 0 Å². The van der Waals surface area contributed by atoms with Crippen molar-refractivity contribution in [2.24, 2.45) is 5.92 Å². The first-order valence-corrected chi connectivity index (χ1v) is 7.46. The van der Waals surface area contributed by atoms with Crippen molar-refractivity contribution in [3.05, 3.63) is 35.6 Å². The lowest BCUT2D eigenvalue weighted by atomic mass is 10.0. The highest BCUT2D eigenvalue weighted by atomic mass is 79.9. The van der Waals surface area contributed by atoms with Crippen LogP contribution in [0.2, 0.25) is 0 Å². The van der Waals surface area contributed by atoms with E-state index in [1.54, 1.807) is 6.07 Å². The molecule has 0 saturated carbocycles. The maximum atomic E-state index is 13.2. The number of alkyl halides is 1. The quantitative estimate of drug-likeness (QED) is 0.832. The van der Waals surface area contributed by atoms with Crippen LogP contribution in [-0.4, -0.2) is 39.8 Å². The minimum atomic E-state index is -1.06. The summed E-state index contributed by atoms with van der Waals surface area (Å²) in [5.41, 5.74) is 0.576. The molecule has 1 saturated heterocycles. The first kappa shape index (κ1) is 15.0. The Morgan fingerprint density at radius 3 is 2.85 bits per heavy atom. The van der Waals surface area contributed by atoms with Crippen LogP contribution in [-0.2, 0) is 16.0 Å². The number of hydrogen-bond donors (Lipinski definition) is 1. The third-order valence-corrected chi connectivity index (χ3v) is 4.35. The van der Waals surface area contributed by atoms with Gasteiger partial charge in [-0.05, 0) is 23.6 Å². The Morgan fingerprint density at radius 2 is 2.30 bits per heavy atom. The number of halogens is 2. The average Bonchev–Trinajstić information content (AvgIpc) is 2.77. The second kappa shape index (κ2) is 6.35. The van der Waals surface area contributed by atoms with Crippen LogP contribution in [0.5, 0.6) is 0 Å². The molecule has 0 spiro atoms. The number of hydrogen-bond acceptors (Lipinski definition) is 2. The Balaban J connectivity index is 2.16. The van der Waals surface area contributed by atoms with E-state index >= 15 is 0 Å². The monoisotopic (exact) mass is 343 g/mol. The molecule has 1 aliphatic rings. The second-order valence-corrected chi connectivity index (χ2v) is 5.61. The van der Waals surface area contributed by atoms with Crippen LogP contribution >= 0.6 is 15.9 Å². The first-order valence-electron chi connectivity index (χ1n) is 6.34. The Labute approximate surface area is 124 Å². The first-order chi connectivity index (χ1) is 9.51. The molecule has 1 fully saturated rings. The molecule has 2 atom stereocenters. The zero-order chi connectivity index (χ0) is 14.7. The number of likely N-dealkylation sites (tertiary alicyclic amines) is 1. The smallest absolute Gasteiger partial charge is 0.326 e. The normalized spacial score (nSPS) is 20.2. The lowest BCUT2D eigenvalue weighted by molar-refractivity contribution is -0.148. The summed E-state index contributed by atoms with van der Waals surface area (Å²) in [6.45, 7) is 0.427. The van der Waals surface area contributed by atoms with Crippen molar-refractivity contribution >= 4 is 27.8 Å². The number of carbonyl (C=O) groups is 2. The fraction of sp³-hybridized carbons (Fsp3) is 0.429. The van der Waals surface area contributed by atoms with Gasteiger partial charge in [-0.1, -0.05) is 28.1 Å². The van der Waals surface area contributed by atoms with Gasteiger partial charge in [-0.3, -0.25) is 4.79 Å². The Bertz CT molecular complexity index is 523. The van der Waals surface area contributed by atoms with Crippen LogP contribution in [0.15, 0.2) is 24.3 Å². The van der Waals surface area contributed by atoms with Crippen LogP contribution in [0.4, 0.5) is 4.39 Å². The fourth-order valence-corrected chi connectivity index (χ4v) is 2.86. The molecular weight excluding hydrogens is 329 g/mol. The van der Waals surface area contributed by atoms with E-state index in [0.717, 1.165) is 0 Å². The minimum absolute atomic E-state index is 0.119. The van der Waals surface area contributed by atoms with Crippen molar-refractivity contribution < 1.29 is 19.1 Å². The molecule has 0 aromatic heterocycles. The van der Waals surface area contributed by atoms with E-state index in [1.807, 2.05) is 0 Å². The van der Waals surface area contributed by atoms with Gasteiger partial charge in [-0.25, -0.2) is 9.18 Å². The van der Waals surface area contributed by atoms with Gasteiger partial charge in [0.2, 0.25) is 5.91 Å². The molecule has 20 heavy (non-hydrogen) atoms. The summed E-state index contributed by atoms with van der Waals surface area (Å²) >= 11 is 3.32. The number of amides is 1. The van der Waals surface area contributed by atoms with Crippen molar-refractivity contribution in [1.82, 2.24) is 4.90 Å². The molecule has 2 rings (SSSR count). The molecule has 6 heteroatoms. The maximum absolute atomic E-state index is 13.2. The zero-order valence-electron chi connectivity index (χ0n) is 10.8. The van der Waals surface area contributed by atoms with E-state index in [1.165, 1.54) is 23.1 Å². The summed E-state index contributed by atoms with van der Waals surface area (Å²) in [5.74, 6) is -1.48. The van der Waals surface area contributed by atoms with Gasteiger partial charge in [0.15, 0.2) is 0 Å². The third kappa shape index (κ3) is 3.36. The second-order valence-electron chi connectivity index (χ2n) is 4.96. The van der Waals surface area contributed by atoms with Crippen LogP contribution < -0.4 is 0 Å². The topological polar surface area (TPSA) is 57.6 Å². The molecule has 1 N–H and O–H groups in total. The van der Waals surface area contributed by atoms with Crippen molar-refractivity contribution in [3.8, 4) is 0 Å². The molecule has 1 amide bonds. The van der Waals surface area contributed by atoms with Crippen molar-refractivity contribution in [1.29, 1.82) is 0 Å². The molecule has 1 aromatic rings. The number of carboxylic acids is 1. The van der Waals surface area contributed by atoms with Crippen LogP contribution in [0.25, 0.3) is 0 Å². The van der Waals surface area contributed by atoms with E-state index in [0.29, 0.717) is 23.9 Å². The van der Waals surface area contributed by atoms with Crippen molar-refractivity contribution in [2.75, 3.05) is 11.9 Å². The molecule has 0 aliphatic carbocycles. The van der Waals surface area contributed by atoms with Gasteiger partial charge < -0.3 is 10.0 Å². The predicted octanol–water partition coefficient (Wildman–Crippen LogP) is 2.06. The Kier molecular flexibility index (Phi) is 4.75. The molecular formula is C14H15BrFNO3. The van der Waals surface area contributed by atoms with Gasteiger partial charge in [0.25, 0.3) is 0 Å². The molecule has 0 bridgehead atoms. The zero-order valence-corrected chi connectivity index (χ0v) is 12.3. The van der Waals surface area contributed by atoms with Gasteiger partial charge in [-0.2, -0.15) is 0 Å². The maximum Gasteiger partial charge on any atom is 0.326 e. The number of aliphatic carboxylic acids is 1. The van der Waals surface area contributed by atoms with Crippen LogP contribution in [0.3, 0.4) is 0 Å². The van der Waals surface area contributed by atoms with Crippen molar-refractivity contribution in [3.63, 3.8) is 0 Å². The van der Waals surface area contributed by atoms with Gasteiger partial charge in [0.05, 0.1) is 0 Å². The van der Waals surface area contributed by atoms with E-state index in [9.17, 15) is 19.1 Å².